The van der Waals surface area contributed by atoms with E-state index in [4.69, 9.17) is 20.8 Å². The molecule has 1 aromatic carbocycles. The van der Waals surface area contributed by atoms with E-state index < -0.39 is 0 Å². The van der Waals surface area contributed by atoms with E-state index in [-0.39, 0.29) is 6.10 Å². The normalized spacial score (nSPS) is 16.7. The van der Waals surface area contributed by atoms with E-state index in [0.717, 1.165) is 80.0 Å². The molecule has 0 saturated carbocycles. The van der Waals surface area contributed by atoms with Crippen LogP contribution in [0.15, 0.2) is 36.7 Å². The highest BCUT2D eigenvalue weighted by Crippen LogP contribution is 2.34. The van der Waals surface area contributed by atoms with Gasteiger partial charge in [0.1, 0.15) is 30.7 Å². The van der Waals surface area contributed by atoms with E-state index in [2.05, 4.69) is 19.7 Å². The molecule has 7 heteroatoms. The van der Waals surface area contributed by atoms with Gasteiger partial charge in [-0.3, -0.25) is 4.98 Å². The van der Waals surface area contributed by atoms with Crippen molar-refractivity contribution in [1.82, 2.24) is 14.9 Å². The van der Waals surface area contributed by atoms with Crippen molar-refractivity contribution in [3.63, 3.8) is 0 Å². The van der Waals surface area contributed by atoms with Crippen molar-refractivity contribution in [3.05, 3.63) is 53.6 Å². The number of aromatic nitrogens is 2. The first-order valence-corrected chi connectivity index (χ1v) is 11.4. The number of piperidine rings is 1. The molecule has 2 aromatic heterocycles. The molecule has 0 amide bonds. The monoisotopic (exact) mass is 432 g/mol. The van der Waals surface area contributed by atoms with Gasteiger partial charge in [-0.15, -0.1) is 0 Å². The molecule has 0 bridgehead atoms. The number of benzene rings is 1. The number of hydrogen-bond donors (Lipinski definition) is 1. The van der Waals surface area contributed by atoms with E-state index in [0.29, 0.717) is 18.9 Å². The van der Waals surface area contributed by atoms with Gasteiger partial charge in [0, 0.05) is 36.9 Å². The second kappa shape index (κ2) is 9.49. The molecule has 3 aromatic rings. The number of rotatable bonds is 7. The van der Waals surface area contributed by atoms with E-state index in [1.165, 1.54) is 5.56 Å². The average Bonchev–Trinajstić information content (AvgIpc) is 3.25. The summed E-state index contributed by atoms with van der Waals surface area (Å²) < 4.78 is 17.4. The van der Waals surface area contributed by atoms with Crippen LogP contribution < -0.4 is 14.2 Å². The van der Waals surface area contributed by atoms with Gasteiger partial charge in [-0.25, -0.2) is 4.85 Å². The highest BCUT2D eigenvalue weighted by Gasteiger charge is 2.21. The first-order valence-electron chi connectivity index (χ1n) is 11.4. The van der Waals surface area contributed by atoms with Crippen LogP contribution in [0.2, 0.25) is 0 Å². The molecular weight excluding hydrogens is 404 g/mol. The standard InChI is InChI=1S/C25H28N4O3/c1-26-19-14-22-18(16-27-25(22)28-17-19)4-2-3-9-29-10-7-20(8-11-29)32-21-5-6-23-24(15-21)31-13-12-30-23/h5-6,14-17,20H,2-4,7-13H2,(H,27,28). The zero-order valence-electron chi connectivity index (χ0n) is 18.2. The smallest absolute Gasteiger partial charge is 0.205 e. The van der Waals surface area contributed by atoms with Crippen LogP contribution >= 0.6 is 0 Å². The summed E-state index contributed by atoms with van der Waals surface area (Å²) in [6, 6.07) is 7.79. The van der Waals surface area contributed by atoms with Crippen LogP contribution in [-0.4, -0.2) is 53.8 Å². The third-order valence-corrected chi connectivity index (χ3v) is 6.25. The van der Waals surface area contributed by atoms with Gasteiger partial charge in [0.15, 0.2) is 11.5 Å². The number of aromatic amines is 1. The lowest BCUT2D eigenvalue weighted by Gasteiger charge is -2.32. The summed E-state index contributed by atoms with van der Waals surface area (Å²) in [5, 5.41) is 1.08. The minimum absolute atomic E-state index is 0.254. The third kappa shape index (κ3) is 4.66. The third-order valence-electron chi connectivity index (χ3n) is 6.25. The Morgan fingerprint density at radius 2 is 1.97 bits per heavy atom. The fraction of sp³-hybridized carbons (Fsp3) is 0.440. The maximum atomic E-state index is 7.19. The van der Waals surface area contributed by atoms with Crippen molar-refractivity contribution in [3.8, 4) is 17.2 Å². The predicted molar refractivity (Wildman–Crippen MR) is 123 cm³/mol. The molecule has 7 nitrogen and oxygen atoms in total. The molecule has 2 aliphatic rings. The van der Waals surface area contributed by atoms with E-state index in [1.807, 2.05) is 30.5 Å². The Kier molecular flexibility index (Phi) is 6.13. The predicted octanol–water partition coefficient (Wildman–Crippen LogP) is 4.75. The number of fused-ring (bicyclic) bond motifs is 2. The Labute approximate surface area is 188 Å². The Bertz CT molecular complexity index is 1110. The topological polar surface area (TPSA) is 64.0 Å². The van der Waals surface area contributed by atoms with Gasteiger partial charge in [-0.1, -0.05) is 0 Å². The van der Waals surface area contributed by atoms with Crippen LogP contribution in [0.4, 0.5) is 5.69 Å². The summed E-state index contributed by atoms with van der Waals surface area (Å²) in [7, 11) is 0. The molecule has 0 radical (unpaired) electrons. The van der Waals surface area contributed by atoms with Crippen LogP contribution in [-0.2, 0) is 6.42 Å². The second-order valence-corrected chi connectivity index (χ2v) is 8.44. The maximum Gasteiger partial charge on any atom is 0.205 e. The number of H-pyrrole nitrogens is 1. The fourth-order valence-electron chi connectivity index (χ4n) is 4.51. The van der Waals surface area contributed by atoms with Gasteiger partial charge < -0.3 is 24.1 Å². The molecule has 0 atom stereocenters. The Morgan fingerprint density at radius 1 is 1.12 bits per heavy atom. The highest BCUT2D eigenvalue weighted by atomic mass is 16.6. The summed E-state index contributed by atoms with van der Waals surface area (Å²) in [6.07, 6.45) is 9.29. The van der Waals surface area contributed by atoms with Gasteiger partial charge in [0.05, 0.1) is 6.57 Å². The van der Waals surface area contributed by atoms with Crippen molar-refractivity contribution in [1.29, 1.82) is 0 Å². The number of ether oxygens (including phenoxy) is 3. The van der Waals surface area contributed by atoms with Crippen molar-refractivity contribution in [2.45, 2.75) is 38.2 Å². The van der Waals surface area contributed by atoms with Crippen LogP contribution in [0.5, 0.6) is 17.2 Å². The zero-order valence-corrected chi connectivity index (χ0v) is 18.2. The molecule has 0 spiro atoms. The summed E-state index contributed by atoms with van der Waals surface area (Å²) in [5.74, 6) is 2.44. The molecule has 1 N–H and O–H groups in total. The van der Waals surface area contributed by atoms with Crippen molar-refractivity contribution in [2.75, 3.05) is 32.8 Å². The van der Waals surface area contributed by atoms with Crippen LogP contribution in [0.25, 0.3) is 15.9 Å². The molecule has 1 fully saturated rings. The molecule has 4 heterocycles. The number of unbranched alkanes of at least 4 members (excludes halogenated alkanes) is 1. The van der Waals surface area contributed by atoms with E-state index in [9.17, 15) is 0 Å². The van der Waals surface area contributed by atoms with E-state index >= 15 is 0 Å². The largest absolute Gasteiger partial charge is 0.490 e. The van der Waals surface area contributed by atoms with Gasteiger partial charge in [0.25, 0.3) is 0 Å². The fourth-order valence-corrected chi connectivity index (χ4v) is 4.51. The van der Waals surface area contributed by atoms with Crippen LogP contribution in [0, 0.1) is 6.57 Å². The summed E-state index contributed by atoms with van der Waals surface area (Å²) in [5.41, 5.74) is 2.72. The minimum atomic E-state index is 0.254. The lowest BCUT2D eigenvalue weighted by atomic mass is 10.1. The number of likely N-dealkylation sites (tertiary alicyclic amines) is 1. The molecule has 1 saturated heterocycles. The van der Waals surface area contributed by atoms with Crippen molar-refractivity contribution < 1.29 is 14.2 Å². The number of aryl methyl sites for hydroxylation is 1. The molecule has 166 valence electrons. The van der Waals surface area contributed by atoms with E-state index in [1.54, 1.807) is 6.20 Å². The lowest BCUT2D eigenvalue weighted by molar-refractivity contribution is 0.0986. The molecule has 32 heavy (non-hydrogen) atoms. The van der Waals surface area contributed by atoms with Gasteiger partial charge in [-0.2, -0.15) is 0 Å². The van der Waals surface area contributed by atoms with Gasteiger partial charge in [-0.05, 0) is 62.4 Å². The molecule has 2 aliphatic heterocycles. The number of hydrogen-bond acceptors (Lipinski definition) is 5. The van der Waals surface area contributed by atoms with Gasteiger partial charge >= 0.3 is 0 Å². The lowest BCUT2D eigenvalue weighted by Crippen LogP contribution is -2.38. The van der Waals surface area contributed by atoms with Gasteiger partial charge in [0.2, 0.25) is 5.69 Å². The summed E-state index contributed by atoms with van der Waals surface area (Å²) in [6.45, 7) is 11.6. The Balaban J connectivity index is 1.05. The zero-order chi connectivity index (χ0) is 21.8. The van der Waals surface area contributed by atoms with Crippen molar-refractivity contribution >= 4 is 16.7 Å². The van der Waals surface area contributed by atoms with Crippen LogP contribution in [0.1, 0.15) is 31.2 Å². The first kappa shape index (κ1) is 20.7. The summed E-state index contributed by atoms with van der Waals surface area (Å²) >= 11 is 0. The summed E-state index contributed by atoms with van der Waals surface area (Å²) in [4.78, 5) is 13.6. The number of pyridine rings is 1. The molecule has 0 aliphatic carbocycles. The average molecular weight is 433 g/mol. The quantitative estimate of drug-likeness (QED) is 0.431. The minimum Gasteiger partial charge on any atom is -0.490 e. The molecule has 5 rings (SSSR count). The Hall–Kier alpha value is -3.24. The SMILES string of the molecule is [C-]#[N+]c1cnc2[nH]cc(CCCCN3CCC(Oc4ccc5c(c4)OCCO5)CC3)c2c1. The number of nitrogens with one attached hydrogen (secondary N) is 1. The Morgan fingerprint density at radius 3 is 2.81 bits per heavy atom. The van der Waals surface area contributed by atoms with Crippen LogP contribution in [0.3, 0.4) is 0 Å². The molecule has 0 unspecified atom stereocenters. The first-order chi connectivity index (χ1) is 15.8. The molecular formula is C25H28N4O3. The number of nitrogens with zero attached hydrogens (tertiary/aromatic N) is 3. The second-order valence-electron chi connectivity index (χ2n) is 8.44. The highest BCUT2D eigenvalue weighted by molar-refractivity contribution is 5.82. The maximum absolute atomic E-state index is 7.19. The van der Waals surface area contributed by atoms with Crippen molar-refractivity contribution in [2.24, 2.45) is 0 Å².